The van der Waals surface area contributed by atoms with Crippen LogP contribution in [-0.2, 0) is 9.59 Å². The maximum atomic E-state index is 13.1. The lowest BCUT2D eigenvalue weighted by Gasteiger charge is -2.41. The van der Waals surface area contributed by atoms with Crippen LogP contribution >= 0.6 is 11.8 Å². The Balaban J connectivity index is 1.60. The summed E-state index contributed by atoms with van der Waals surface area (Å²) < 4.78 is 0. The van der Waals surface area contributed by atoms with Crippen molar-refractivity contribution in [2.24, 2.45) is 4.99 Å². The van der Waals surface area contributed by atoms with Crippen molar-refractivity contribution in [2.45, 2.75) is 38.6 Å². The molecule has 2 atom stereocenters. The van der Waals surface area contributed by atoms with Gasteiger partial charge in [-0.05, 0) is 43.0 Å². The van der Waals surface area contributed by atoms with Gasteiger partial charge in [0.15, 0.2) is 5.17 Å². The van der Waals surface area contributed by atoms with Gasteiger partial charge in [0, 0.05) is 32.1 Å². The molecule has 7 heteroatoms. The van der Waals surface area contributed by atoms with E-state index in [2.05, 4.69) is 10.2 Å². The van der Waals surface area contributed by atoms with Gasteiger partial charge in [-0.3, -0.25) is 9.59 Å². The second kappa shape index (κ2) is 10.5. The highest BCUT2D eigenvalue weighted by Gasteiger charge is 2.37. The van der Waals surface area contributed by atoms with Crippen LogP contribution in [0, 0.1) is 0 Å². The number of hydrogen-bond acceptors (Lipinski definition) is 5. The number of anilines is 1. The number of carbonyl (C=O) groups excluding carboxylic acids is 2. The second-order valence-corrected chi connectivity index (χ2v) is 9.94. The van der Waals surface area contributed by atoms with Crippen LogP contribution in [0.4, 0.5) is 5.69 Å². The Morgan fingerprint density at radius 1 is 1.15 bits per heavy atom. The molecule has 4 rings (SSSR count). The van der Waals surface area contributed by atoms with Gasteiger partial charge in [-0.15, -0.1) is 0 Å². The summed E-state index contributed by atoms with van der Waals surface area (Å²) in [5.74, 6) is 0.808. The number of aliphatic imine (C=N–C) groups is 1. The van der Waals surface area contributed by atoms with E-state index in [0.29, 0.717) is 5.57 Å². The number of hydrogen-bond donors (Lipinski definition) is 1. The molecule has 0 bridgehead atoms. The van der Waals surface area contributed by atoms with Crippen LogP contribution in [0.5, 0.6) is 0 Å². The molecule has 1 N–H and O–H groups in total. The maximum Gasteiger partial charge on any atom is 0.253 e. The number of likely N-dealkylation sites (N-methyl/N-ethyl adjacent to an activating group) is 1. The third kappa shape index (κ3) is 4.89. The normalized spacial score (nSPS) is 18.6. The maximum absolute atomic E-state index is 13.1. The highest BCUT2D eigenvalue weighted by atomic mass is 32.2. The Morgan fingerprint density at radius 2 is 1.85 bits per heavy atom. The summed E-state index contributed by atoms with van der Waals surface area (Å²) in [4.78, 5) is 34.7. The second-order valence-electron chi connectivity index (χ2n) is 8.87. The molecule has 0 radical (unpaired) electrons. The number of fused-ring (bicyclic) bond motifs is 1. The lowest BCUT2D eigenvalue weighted by molar-refractivity contribution is -0.125. The third-order valence-electron chi connectivity index (χ3n) is 6.32. The molecule has 2 aliphatic rings. The summed E-state index contributed by atoms with van der Waals surface area (Å²) in [5.41, 5.74) is 4.27. The first-order chi connectivity index (χ1) is 16.4. The van der Waals surface area contributed by atoms with Crippen molar-refractivity contribution < 1.29 is 9.59 Å². The Kier molecular flexibility index (Phi) is 7.41. The van der Waals surface area contributed by atoms with Gasteiger partial charge in [-0.25, -0.2) is 4.99 Å². The Morgan fingerprint density at radius 3 is 2.50 bits per heavy atom. The molecule has 2 unspecified atom stereocenters. The number of nitrogens with one attached hydrogen (secondary N) is 1. The zero-order valence-electron chi connectivity index (χ0n) is 20.2. The van der Waals surface area contributed by atoms with E-state index >= 15 is 0 Å². The summed E-state index contributed by atoms with van der Waals surface area (Å²) >= 11 is 1.75. The van der Waals surface area contributed by atoms with Crippen molar-refractivity contribution in [1.82, 2.24) is 9.80 Å². The van der Waals surface area contributed by atoms with E-state index in [1.807, 2.05) is 68.4 Å². The number of thioether (sulfide) groups is 1. The number of benzene rings is 2. The minimum Gasteiger partial charge on any atom is -0.345 e. The fraction of sp³-hybridized carbons (Fsp3) is 0.370. The van der Waals surface area contributed by atoms with Crippen LogP contribution in [-0.4, -0.2) is 53.2 Å². The summed E-state index contributed by atoms with van der Waals surface area (Å²) in [7, 11) is 3.55. The zero-order valence-corrected chi connectivity index (χ0v) is 21.1. The smallest absolute Gasteiger partial charge is 0.253 e. The van der Waals surface area contributed by atoms with E-state index in [1.165, 1.54) is 0 Å². The van der Waals surface area contributed by atoms with Crippen molar-refractivity contribution in [3.8, 4) is 0 Å². The molecule has 1 saturated heterocycles. The SMILES string of the molecule is CCC(C(=O)Nc1ccc(C2C(C(=O)N(C)C)=C(C)N=C3SCCCN32)cc1)c1ccccc1. The number of amides is 2. The van der Waals surface area contributed by atoms with Crippen molar-refractivity contribution in [3.63, 3.8) is 0 Å². The Labute approximate surface area is 206 Å². The van der Waals surface area contributed by atoms with E-state index in [4.69, 9.17) is 4.99 Å². The number of amidine groups is 1. The average Bonchev–Trinajstić information content (AvgIpc) is 2.84. The van der Waals surface area contributed by atoms with E-state index in [-0.39, 0.29) is 23.8 Å². The quantitative estimate of drug-likeness (QED) is 0.635. The molecule has 2 aromatic carbocycles. The van der Waals surface area contributed by atoms with Gasteiger partial charge in [-0.2, -0.15) is 0 Å². The first-order valence-electron chi connectivity index (χ1n) is 11.8. The first-order valence-corrected chi connectivity index (χ1v) is 12.8. The molecule has 178 valence electrons. The van der Waals surface area contributed by atoms with Crippen LogP contribution in [0.3, 0.4) is 0 Å². The van der Waals surface area contributed by atoms with Gasteiger partial charge in [-0.1, -0.05) is 61.2 Å². The van der Waals surface area contributed by atoms with E-state index < -0.39 is 0 Å². The summed E-state index contributed by atoms with van der Waals surface area (Å²) in [6, 6.07) is 17.6. The molecule has 2 heterocycles. The van der Waals surface area contributed by atoms with Crippen LogP contribution in [0.25, 0.3) is 0 Å². The molecule has 0 saturated carbocycles. The van der Waals surface area contributed by atoms with Gasteiger partial charge in [0.2, 0.25) is 5.91 Å². The lowest BCUT2D eigenvalue weighted by Crippen LogP contribution is -2.43. The first kappa shape index (κ1) is 24.1. The molecule has 6 nitrogen and oxygen atoms in total. The van der Waals surface area contributed by atoms with Crippen molar-refractivity contribution in [1.29, 1.82) is 0 Å². The summed E-state index contributed by atoms with van der Waals surface area (Å²) in [6.45, 7) is 4.81. The molecule has 0 spiro atoms. The van der Waals surface area contributed by atoms with Crippen LogP contribution in [0.2, 0.25) is 0 Å². The van der Waals surface area contributed by atoms with E-state index in [0.717, 1.165) is 52.8 Å². The molecule has 34 heavy (non-hydrogen) atoms. The number of nitrogens with zero attached hydrogens (tertiary/aromatic N) is 3. The van der Waals surface area contributed by atoms with Crippen molar-refractivity contribution in [2.75, 3.05) is 31.7 Å². The molecule has 0 aromatic heterocycles. The predicted molar refractivity (Wildman–Crippen MR) is 140 cm³/mol. The lowest BCUT2D eigenvalue weighted by atomic mass is 9.93. The topological polar surface area (TPSA) is 65.0 Å². The highest BCUT2D eigenvalue weighted by molar-refractivity contribution is 8.13. The van der Waals surface area contributed by atoms with Gasteiger partial charge >= 0.3 is 0 Å². The largest absolute Gasteiger partial charge is 0.345 e. The highest BCUT2D eigenvalue weighted by Crippen LogP contribution is 2.40. The number of rotatable bonds is 6. The Bertz CT molecular complexity index is 1110. The number of carbonyl (C=O) groups is 2. The van der Waals surface area contributed by atoms with E-state index in [1.54, 1.807) is 30.8 Å². The molecule has 2 amide bonds. The molecular weight excluding hydrogens is 444 g/mol. The number of allylic oxidation sites excluding steroid dienone is 1. The minimum atomic E-state index is -0.196. The Hall–Kier alpha value is -3.06. The molecule has 2 aromatic rings. The molecular formula is C27H32N4O2S. The molecule has 0 aliphatic carbocycles. The monoisotopic (exact) mass is 476 g/mol. The van der Waals surface area contributed by atoms with Gasteiger partial charge in [0.1, 0.15) is 0 Å². The van der Waals surface area contributed by atoms with Crippen molar-refractivity contribution in [3.05, 3.63) is 77.0 Å². The van der Waals surface area contributed by atoms with E-state index in [9.17, 15) is 9.59 Å². The van der Waals surface area contributed by atoms with Gasteiger partial charge in [0.25, 0.3) is 5.91 Å². The van der Waals surface area contributed by atoms with Gasteiger partial charge < -0.3 is 15.1 Å². The molecule has 2 aliphatic heterocycles. The van der Waals surface area contributed by atoms with Crippen LogP contribution in [0.15, 0.2) is 70.9 Å². The van der Waals surface area contributed by atoms with Gasteiger partial charge in [0.05, 0.1) is 23.2 Å². The minimum absolute atomic E-state index is 0.0137. The third-order valence-corrected chi connectivity index (χ3v) is 7.39. The zero-order chi connectivity index (χ0) is 24.2. The fourth-order valence-electron chi connectivity index (χ4n) is 4.57. The fourth-order valence-corrected chi connectivity index (χ4v) is 5.59. The average molecular weight is 477 g/mol. The summed E-state index contributed by atoms with van der Waals surface area (Å²) in [6.07, 6.45) is 1.78. The summed E-state index contributed by atoms with van der Waals surface area (Å²) in [5, 5.41) is 4.05. The van der Waals surface area contributed by atoms with Crippen LogP contribution < -0.4 is 5.32 Å². The predicted octanol–water partition coefficient (Wildman–Crippen LogP) is 5.03. The van der Waals surface area contributed by atoms with Crippen molar-refractivity contribution >= 4 is 34.4 Å². The standard InChI is InChI=1S/C27H32N4O2S/c1-5-22(19-10-7-6-8-11-19)25(32)29-21-14-12-20(13-15-21)24-23(26(33)30(3)4)18(2)28-27-31(24)16-9-17-34-27/h6-8,10-15,22,24H,5,9,16-17H2,1-4H3,(H,29,32). The molecule has 1 fully saturated rings. The van der Waals surface area contributed by atoms with Crippen LogP contribution in [0.1, 0.15) is 49.8 Å².